The summed E-state index contributed by atoms with van der Waals surface area (Å²) in [5.74, 6) is -0.0183. The topological polar surface area (TPSA) is 69.0 Å². The lowest BCUT2D eigenvalue weighted by atomic mass is 10.2. The van der Waals surface area contributed by atoms with Gasteiger partial charge in [0.15, 0.2) is 5.78 Å². The molecule has 6 heteroatoms. The number of carbonyl (C=O) groups excluding carboxylic acids is 1. The molecule has 1 aromatic heterocycles. The first kappa shape index (κ1) is 12.3. The van der Waals surface area contributed by atoms with Crippen LogP contribution in [0, 0.1) is 0 Å². The molecular formula is C11H16N2O3S. The van der Waals surface area contributed by atoms with Crippen molar-refractivity contribution in [2.45, 2.75) is 31.7 Å². The summed E-state index contributed by atoms with van der Waals surface area (Å²) < 4.78 is 23.8. The van der Waals surface area contributed by atoms with Gasteiger partial charge in [-0.25, -0.2) is 13.4 Å². The van der Waals surface area contributed by atoms with Gasteiger partial charge in [0.2, 0.25) is 0 Å². The normalized spacial score (nSPS) is 16.1. The minimum absolute atomic E-state index is 0.0576. The number of aromatic nitrogens is 2. The molecule has 1 aliphatic carbocycles. The van der Waals surface area contributed by atoms with Crippen LogP contribution in [0.3, 0.4) is 0 Å². The van der Waals surface area contributed by atoms with Crippen LogP contribution in [0.2, 0.25) is 0 Å². The van der Waals surface area contributed by atoms with Crippen LogP contribution < -0.4 is 0 Å². The molecule has 0 unspecified atom stereocenters. The second-order valence-electron chi connectivity index (χ2n) is 4.59. The SMILES string of the molecule is CS(=O)(=O)CCCC(=O)c1cn(C2CC2)cn1. The van der Waals surface area contributed by atoms with Crippen LogP contribution in [-0.4, -0.2) is 35.8 Å². The van der Waals surface area contributed by atoms with Crippen molar-refractivity contribution in [2.75, 3.05) is 12.0 Å². The van der Waals surface area contributed by atoms with E-state index in [0.29, 0.717) is 18.2 Å². The molecule has 1 aromatic rings. The minimum Gasteiger partial charge on any atom is -0.334 e. The number of imidazole rings is 1. The monoisotopic (exact) mass is 256 g/mol. The molecule has 0 atom stereocenters. The van der Waals surface area contributed by atoms with E-state index < -0.39 is 9.84 Å². The number of Topliss-reactive ketones (excluding diaryl/α,β-unsaturated/α-hetero) is 1. The van der Waals surface area contributed by atoms with Crippen molar-refractivity contribution in [1.82, 2.24) is 9.55 Å². The second kappa shape index (κ2) is 4.60. The first-order valence-electron chi connectivity index (χ1n) is 5.70. The molecular weight excluding hydrogens is 240 g/mol. The van der Waals surface area contributed by atoms with Gasteiger partial charge in [-0.2, -0.15) is 0 Å². The fourth-order valence-electron chi connectivity index (χ4n) is 1.68. The van der Waals surface area contributed by atoms with E-state index in [1.807, 2.05) is 4.57 Å². The van der Waals surface area contributed by atoms with E-state index >= 15 is 0 Å². The Hall–Kier alpha value is -1.17. The summed E-state index contributed by atoms with van der Waals surface area (Å²) in [5, 5.41) is 0. The molecule has 0 aromatic carbocycles. The highest BCUT2D eigenvalue weighted by atomic mass is 32.2. The van der Waals surface area contributed by atoms with Crippen LogP contribution in [0.5, 0.6) is 0 Å². The molecule has 17 heavy (non-hydrogen) atoms. The van der Waals surface area contributed by atoms with Gasteiger partial charge in [0.05, 0.1) is 12.1 Å². The third-order valence-electron chi connectivity index (χ3n) is 2.77. The summed E-state index contributed by atoms with van der Waals surface area (Å²) in [6.07, 6.45) is 7.54. The van der Waals surface area contributed by atoms with Gasteiger partial charge in [0.1, 0.15) is 15.5 Å². The van der Waals surface area contributed by atoms with Crippen molar-refractivity contribution >= 4 is 15.6 Å². The number of rotatable bonds is 6. The van der Waals surface area contributed by atoms with E-state index in [1.165, 1.54) is 6.26 Å². The third kappa shape index (κ3) is 3.66. The van der Waals surface area contributed by atoms with Crippen LogP contribution >= 0.6 is 0 Å². The van der Waals surface area contributed by atoms with E-state index in [1.54, 1.807) is 12.5 Å². The number of ketones is 1. The van der Waals surface area contributed by atoms with Crippen LogP contribution in [0.1, 0.15) is 42.2 Å². The van der Waals surface area contributed by atoms with E-state index in [0.717, 1.165) is 12.8 Å². The lowest BCUT2D eigenvalue weighted by molar-refractivity contribution is 0.0977. The third-order valence-corrected chi connectivity index (χ3v) is 3.80. The Bertz CT molecular complexity index is 515. The van der Waals surface area contributed by atoms with Crippen LogP contribution in [0.4, 0.5) is 0 Å². The molecule has 0 bridgehead atoms. The number of carbonyl (C=O) groups is 1. The van der Waals surface area contributed by atoms with Crippen LogP contribution in [0.25, 0.3) is 0 Å². The molecule has 1 fully saturated rings. The first-order valence-corrected chi connectivity index (χ1v) is 7.76. The molecule has 0 aliphatic heterocycles. The van der Waals surface area contributed by atoms with Gasteiger partial charge >= 0.3 is 0 Å². The zero-order valence-corrected chi connectivity index (χ0v) is 10.6. The van der Waals surface area contributed by atoms with Crippen LogP contribution in [0.15, 0.2) is 12.5 Å². The average molecular weight is 256 g/mol. The molecule has 0 radical (unpaired) electrons. The summed E-state index contributed by atoms with van der Waals surface area (Å²) in [4.78, 5) is 15.8. The van der Waals surface area contributed by atoms with Crippen molar-refractivity contribution in [3.63, 3.8) is 0 Å². The van der Waals surface area contributed by atoms with E-state index in [2.05, 4.69) is 4.98 Å². The van der Waals surface area contributed by atoms with Gasteiger partial charge in [-0.15, -0.1) is 0 Å². The van der Waals surface area contributed by atoms with E-state index in [-0.39, 0.29) is 18.0 Å². The standard InChI is InChI=1S/C11H16N2O3S/c1-17(15,16)6-2-3-11(14)10-7-13(8-12-10)9-4-5-9/h7-9H,2-6H2,1H3. The van der Waals surface area contributed by atoms with Crippen molar-refractivity contribution < 1.29 is 13.2 Å². The number of nitrogens with zero attached hydrogens (tertiary/aromatic N) is 2. The molecule has 1 saturated carbocycles. The van der Waals surface area contributed by atoms with Gasteiger partial charge < -0.3 is 4.57 Å². The maximum Gasteiger partial charge on any atom is 0.182 e. The smallest absolute Gasteiger partial charge is 0.182 e. The lowest BCUT2D eigenvalue weighted by Crippen LogP contribution is -2.06. The molecule has 1 aliphatic rings. The number of sulfone groups is 1. The molecule has 0 spiro atoms. The Kier molecular flexibility index (Phi) is 3.33. The summed E-state index contributed by atoms with van der Waals surface area (Å²) in [6, 6.07) is 0.514. The van der Waals surface area contributed by atoms with Crippen molar-refractivity contribution in [1.29, 1.82) is 0 Å². The molecule has 0 N–H and O–H groups in total. The Morgan fingerprint density at radius 1 is 1.53 bits per heavy atom. The fourth-order valence-corrected chi connectivity index (χ4v) is 2.34. The van der Waals surface area contributed by atoms with Crippen molar-refractivity contribution in [3.8, 4) is 0 Å². The summed E-state index contributed by atoms with van der Waals surface area (Å²) in [7, 11) is -2.98. The fraction of sp³-hybridized carbons (Fsp3) is 0.636. The summed E-state index contributed by atoms with van der Waals surface area (Å²) in [5.41, 5.74) is 0.449. The highest BCUT2D eigenvalue weighted by Gasteiger charge is 2.24. The zero-order valence-electron chi connectivity index (χ0n) is 9.80. The number of hydrogen-bond donors (Lipinski definition) is 0. The van der Waals surface area contributed by atoms with Crippen LogP contribution in [-0.2, 0) is 9.84 Å². The average Bonchev–Trinajstić information content (AvgIpc) is 2.94. The molecule has 0 amide bonds. The van der Waals surface area contributed by atoms with Gasteiger partial charge in [-0.1, -0.05) is 0 Å². The first-order chi connectivity index (χ1) is 7.96. The van der Waals surface area contributed by atoms with Gasteiger partial charge in [0, 0.05) is 24.9 Å². The molecule has 94 valence electrons. The molecule has 2 rings (SSSR count). The lowest BCUT2D eigenvalue weighted by Gasteiger charge is -1.97. The highest BCUT2D eigenvalue weighted by molar-refractivity contribution is 7.90. The van der Waals surface area contributed by atoms with Gasteiger partial charge in [-0.3, -0.25) is 4.79 Å². The summed E-state index contributed by atoms with van der Waals surface area (Å²) >= 11 is 0. The zero-order chi connectivity index (χ0) is 12.5. The van der Waals surface area contributed by atoms with Gasteiger partial charge in [0.25, 0.3) is 0 Å². The predicted molar refractivity (Wildman–Crippen MR) is 63.8 cm³/mol. The molecule has 5 nitrogen and oxygen atoms in total. The van der Waals surface area contributed by atoms with E-state index in [9.17, 15) is 13.2 Å². The Morgan fingerprint density at radius 2 is 2.24 bits per heavy atom. The number of hydrogen-bond acceptors (Lipinski definition) is 4. The second-order valence-corrected chi connectivity index (χ2v) is 6.85. The molecule has 1 heterocycles. The van der Waals surface area contributed by atoms with Gasteiger partial charge in [-0.05, 0) is 19.3 Å². The quantitative estimate of drug-likeness (QED) is 0.718. The Balaban J connectivity index is 1.86. The maximum atomic E-state index is 11.7. The molecule has 0 saturated heterocycles. The highest BCUT2D eigenvalue weighted by Crippen LogP contribution is 2.34. The van der Waals surface area contributed by atoms with Crippen molar-refractivity contribution in [2.24, 2.45) is 0 Å². The maximum absolute atomic E-state index is 11.7. The predicted octanol–water partition coefficient (Wildman–Crippen LogP) is 1.23. The summed E-state index contributed by atoms with van der Waals surface area (Å²) in [6.45, 7) is 0. The largest absolute Gasteiger partial charge is 0.334 e. The minimum atomic E-state index is -2.98. The Labute approximate surface area is 101 Å². The van der Waals surface area contributed by atoms with E-state index in [4.69, 9.17) is 0 Å². The van der Waals surface area contributed by atoms with Crippen molar-refractivity contribution in [3.05, 3.63) is 18.2 Å². The Morgan fingerprint density at radius 3 is 2.82 bits per heavy atom.